The SMILES string of the molecule is c1cc2sc(N3CCCCC3)nc2cn1. The summed E-state index contributed by atoms with van der Waals surface area (Å²) >= 11 is 1.78. The van der Waals surface area contributed by atoms with E-state index in [1.807, 2.05) is 18.5 Å². The van der Waals surface area contributed by atoms with Crippen LogP contribution < -0.4 is 4.90 Å². The Kier molecular flexibility index (Phi) is 2.29. The molecule has 4 heteroatoms. The van der Waals surface area contributed by atoms with E-state index in [-0.39, 0.29) is 0 Å². The highest BCUT2D eigenvalue weighted by Crippen LogP contribution is 2.29. The molecule has 3 heterocycles. The number of rotatable bonds is 1. The van der Waals surface area contributed by atoms with E-state index >= 15 is 0 Å². The Labute approximate surface area is 92.8 Å². The van der Waals surface area contributed by atoms with Crippen molar-refractivity contribution >= 4 is 26.7 Å². The van der Waals surface area contributed by atoms with Crippen LogP contribution in [0.3, 0.4) is 0 Å². The second-order valence-corrected chi connectivity index (χ2v) is 4.90. The van der Waals surface area contributed by atoms with Gasteiger partial charge in [0.15, 0.2) is 5.13 Å². The maximum absolute atomic E-state index is 4.62. The third kappa shape index (κ3) is 1.69. The molecule has 15 heavy (non-hydrogen) atoms. The van der Waals surface area contributed by atoms with Crippen LogP contribution in [0, 0.1) is 0 Å². The summed E-state index contributed by atoms with van der Waals surface area (Å²) in [6.07, 6.45) is 7.64. The van der Waals surface area contributed by atoms with Gasteiger partial charge in [-0.3, -0.25) is 4.98 Å². The third-order valence-electron chi connectivity index (χ3n) is 2.81. The van der Waals surface area contributed by atoms with Crippen molar-refractivity contribution in [1.29, 1.82) is 0 Å². The maximum atomic E-state index is 4.62. The van der Waals surface area contributed by atoms with Crippen molar-refractivity contribution in [1.82, 2.24) is 9.97 Å². The molecule has 78 valence electrons. The maximum Gasteiger partial charge on any atom is 0.186 e. The zero-order valence-corrected chi connectivity index (χ0v) is 9.33. The molecule has 1 fully saturated rings. The number of anilines is 1. The first kappa shape index (κ1) is 9.09. The van der Waals surface area contributed by atoms with Gasteiger partial charge in [-0.1, -0.05) is 11.3 Å². The van der Waals surface area contributed by atoms with Gasteiger partial charge in [-0.15, -0.1) is 0 Å². The van der Waals surface area contributed by atoms with Crippen molar-refractivity contribution in [3.05, 3.63) is 18.5 Å². The van der Waals surface area contributed by atoms with Crippen molar-refractivity contribution in [2.24, 2.45) is 0 Å². The molecule has 3 nitrogen and oxygen atoms in total. The molecule has 1 aliphatic rings. The van der Waals surface area contributed by atoms with E-state index in [0.29, 0.717) is 0 Å². The predicted molar refractivity (Wildman–Crippen MR) is 63.5 cm³/mol. The first-order valence-electron chi connectivity index (χ1n) is 5.39. The molecule has 0 unspecified atom stereocenters. The molecule has 1 saturated heterocycles. The Hall–Kier alpha value is -1.16. The van der Waals surface area contributed by atoms with E-state index in [1.54, 1.807) is 11.3 Å². The van der Waals surface area contributed by atoms with Gasteiger partial charge in [0.25, 0.3) is 0 Å². The Morgan fingerprint density at radius 3 is 2.87 bits per heavy atom. The number of piperidine rings is 1. The van der Waals surface area contributed by atoms with Gasteiger partial charge < -0.3 is 4.90 Å². The van der Waals surface area contributed by atoms with Crippen LogP contribution >= 0.6 is 11.3 Å². The molecular weight excluding hydrogens is 206 g/mol. The smallest absolute Gasteiger partial charge is 0.186 e. The van der Waals surface area contributed by atoms with Crippen LogP contribution in [0.25, 0.3) is 10.2 Å². The van der Waals surface area contributed by atoms with Crippen molar-refractivity contribution < 1.29 is 0 Å². The zero-order chi connectivity index (χ0) is 10.1. The van der Waals surface area contributed by atoms with Gasteiger partial charge in [-0.2, -0.15) is 0 Å². The number of aromatic nitrogens is 2. The summed E-state index contributed by atoms with van der Waals surface area (Å²) in [5.74, 6) is 0. The fourth-order valence-corrected chi connectivity index (χ4v) is 2.97. The molecular formula is C11H13N3S. The summed E-state index contributed by atoms with van der Waals surface area (Å²) in [6, 6.07) is 2.04. The van der Waals surface area contributed by atoms with Gasteiger partial charge in [-0.05, 0) is 25.3 Å². The van der Waals surface area contributed by atoms with Crippen molar-refractivity contribution in [3.63, 3.8) is 0 Å². The molecule has 0 spiro atoms. The number of fused-ring (bicyclic) bond motifs is 1. The Bertz CT molecular complexity index is 427. The van der Waals surface area contributed by atoms with Gasteiger partial charge in [0.1, 0.15) is 5.52 Å². The van der Waals surface area contributed by atoms with Gasteiger partial charge in [-0.25, -0.2) is 4.98 Å². The first-order valence-corrected chi connectivity index (χ1v) is 6.21. The van der Waals surface area contributed by atoms with E-state index < -0.39 is 0 Å². The fourth-order valence-electron chi connectivity index (χ4n) is 1.99. The average Bonchev–Trinajstić information content (AvgIpc) is 2.74. The Balaban J connectivity index is 1.96. The lowest BCUT2D eigenvalue weighted by Crippen LogP contribution is -2.29. The Morgan fingerprint density at radius 1 is 1.20 bits per heavy atom. The lowest BCUT2D eigenvalue weighted by Gasteiger charge is -2.25. The molecule has 0 aromatic carbocycles. The van der Waals surface area contributed by atoms with Gasteiger partial charge in [0.2, 0.25) is 0 Å². The molecule has 0 radical (unpaired) electrons. The lowest BCUT2D eigenvalue weighted by atomic mass is 10.1. The monoisotopic (exact) mass is 219 g/mol. The van der Waals surface area contributed by atoms with Gasteiger partial charge in [0, 0.05) is 19.3 Å². The van der Waals surface area contributed by atoms with E-state index in [1.165, 1.54) is 24.0 Å². The van der Waals surface area contributed by atoms with Crippen molar-refractivity contribution in [2.75, 3.05) is 18.0 Å². The highest BCUT2D eigenvalue weighted by atomic mass is 32.1. The molecule has 0 N–H and O–H groups in total. The Morgan fingerprint density at radius 2 is 2.07 bits per heavy atom. The molecule has 0 atom stereocenters. The summed E-state index contributed by atoms with van der Waals surface area (Å²) in [5, 5.41) is 1.16. The van der Waals surface area contributed by atoms with Gasteiger partial charge >= 0.3 is 0 Å². The molecule has 1 aliphatic heterocycles. The minimum atomic E-state index is 1.03. The quantitative estimate of drug-likeness (QED) is 0.738. The summed E-state index contributed by atoms with van der Waals surface area (Å²) in [7, 11) is 0. The normalized spacial score (nSPS) is 17.2. The second-order valence-electron chi connectivity index (χ2n) is 3.89. The number of thiazole rings is 1. The standard InChI is InChI=1S/C11H13N3S/c1-2-6-14(7-3-1)11-13-9-8-12-5-4-10(9)15-11/h4-5,8H,1-3,6-7H2. The average molecular weight is 219 g/mol. The van der Waals surface area contributed by atoms with Crippen LogP contribution in [0.1, 0.15) is 19.3 Å². The summed E-state index contributed by atoms with van der Waals surface area (Å²) in [6.45, 7) is 2.32. The third-order valence-corrected chi connectivity index (χ3v) is 3.90. The highest BCUT2D eigenvalue weighted by molar-refractivity contribution is 7.22. The predicted octanol–water partition coefficient (Wildman–Crippen LogP) is 2.68. The van der Waals surface area contributed by atoms with Crippen LogP contribution in [0.15, 0.2) is 18.5 Å². The number of hydrogen-bond donors (Lipinski definition) is 0. The summed E-state index contributed by atoms with van der Waals surface area (Å²) in [5.41, 5.74) is 1.03. The minimum Gasteiger partial charge on any atom is -0.348 e. The zero-order valence-electron chi connectivity index (χ0n) is 8.52. The lowest BCUT2D eigenvalue weighted by molar-refractivity contribution is 0.577. The summed E-state index contributed by atoms with van der Waals surface area (Å²) in [4.78, 5) is 11.1. The van der Waals surface area contributed by atoms with Crippen LogP contribution in [0.2, 0.25) is 0 Å². The van der Waals surface area contributed by atoms with Crippen LogP contribution in [-0.2, 0) is 0 Å². The molecule has 0 saturated carbocycles. The topological polar surface area (TPSA) is 29.0 Å². The second kappa shape index (κ2) is 3.77. The van der Waals surface area contributed by atoms with Gasteiger partial charge in [0.05, 0.1) is 10.9 Å². The van der Waals surface area contributed by atoms with Crippen molar-refractivity contribution in [2.45, 2.75) is 19.3 Å². The fraction of sp³-hybridized carbons (Fsp3) is 0.455. The van der Waals surface area contributed by atoms with Crippen LogP contribution in [0.4, 0.5) is 5.13 Å². The van der Waals surface area contributed by atoms with Crippen LogP contribution in [-0.4, -0.2) is 23.1 Å². The van der Waals surface area contributed by atoms with Crippen LogP contribution in [0.5, 0.6) is 0 Å². The molecule has 3 rings (SSSR count). The number of pyridine rings is 1. The van der Waals surface area contributed by atoms with E-state index in [4.69, 9.17) is 0 Å². The minimum absolute atomic E-state index is 1.03. The molecule has 0 bridgehead atoms. The first-order chi connectivity index (χ1) is 7.43. The van der Waals surface area contributed by atoms with E-state index in [9.17, 15) is 0 Å². The molecule has 0 aliphatic carbocycles. The molecule has 2 aromatic rings. The van der Waals surface area contributed by atoms with E-state index in [0.717, 1.165) is 23.7 Å². The number of nitrogens with zero attached hydrogens (tertiary/aromatic N) is 3. The van der Waals surface area contributed by atoms with Crippen molar-refractivity contribution in [3.8, 4) is 0 Å². The molecule has 0 amide bonds. The number of hydrogen-bond acceptors (Lipinski definition) is 4. The summed E-state index contributed by atoms with van der Waals surface area (Å²) < 4.78 is 1.24. The highest BCUT2D eigenvalue weighted by Gasteiger charge is 2.14. The molecule has 2 aromatic heterocycles. The largest absolute Gasteiger partial charge is 0.348 e. The van der Waals surface area contributed by atoms with E-state index in [2.05, 4.69) is 14.9 Å².